The number of para-hydroxylation sites is 1. The van der Waals surface area contributed by atoms with Crippen LogP contribution in [0, 0.1) is 20.8 Å². The van der Waals surface area contributed by atoms with E-state index in [9.17, 15) is 9.59 Å². The molecule has 7 nitrogen and oxygen atoms in total. The lowest BCUT2D eigenvalue weighted by atomic mass is 10.1. The van der Waals surface area contributed by atoms with Crippen LogP contribution in [-0.2, 0) is 20.1 Å². The number of amides is 2. The molecular formula is C20H26N4O3. The van der Waals surface area contributed by atoms with Gasteiger partial charge in [-0.1, -0.05) is 18.2 Å². The van der Waals surface area contributed by atoms with Crippen LogP contribution >= 0.6 is 0 Å². The van der Waals surface area contributed by atoms with Gasteiger partial charge in [0.15, 0.2) is 0 Å². The van der Waals surface area contributed by atoms with Crippen LogP contribution in [0.4, 0.5) is 4.79 Å². The minimum atomic E-state index is -0.217. The topological polar surface area (TPSA) is 76.5 Å². The van der Waals surface area contributed by atoms with Crippen LogP contribution < -0.4 is 15.6 Å². The highest BCUT2D eigenvalue weighted by molar-refractivity contribution is 5.75. The summed E-state index contributed by atoms with van der Waals surface area (Å²) in [6, 6.07) is 5.61. The lowest BCUT2D eigenvalue weighted by Gasteiger charge is -2.21. The fourth-order valence-electron chi connectivity index (χ4n) is 3.25. The molecule has 0 saturated carbocycles. The monoisotopic (exact) mass is 370 g/mol. The number of benzene rings is 1. The van der Waals surface area contributed by atoms with Crippen LogP contribution in [0.2, 0.25) is 0 Å². The molecule has 3 rings (SSSR count). The number of nitrogens with zero attached hydrogens (tertiary/aromatic N) is 3. The van der Waals surface area contributed by atoms with E-state index in [1.807, 2.05) is 39.0 Å². The average molecular weight is 370 g/mol. The number of aromatic nitrogens is 2. The Morgan fingerprint density at radius 3 is 2.59 bits per heavy atom. The number of carbonyl (C=O) groups is 1. The maximum absolute atomic E-state index is 12.6. The van der Waals surface area contributed by atoms with Gasteiger partial charge in [0, 0.05) is 7.05 Å². The van der Waals surface area contributed by atoms with Crippen molar-refractivity contribution in [3.63, 3.8) is 0 Å². The Morgan fingerprint density at radius 1 is 1.26 bits per heavy atom. The lowest BCUT2D eigenvalue weighted by Crippen LogP contribution is -2.43. The molecule has 0 spiro atoms. The molecule has 1 aliphatic rings. The molecule has 144 valence electrons. The first kappa shape index (κ1) is 18.9. The molecule has 0 bridgehead atoms. The molecule has 0 unspecified atom stereocenters. The van der Waals surface area contributed by atoms with Crippen molar-refractivity contribution in [1.29, 1.82) is 0 Å². The van der Waals surface area contributed by atoms with E-state index < -0.39 is 0 Å². The molecule has 1 N–H and O–H groups in total. The number of fused-ring (bicyclic) bond motifs is 1. The normalized spacial score (nSPS) is 14.0. The molecule has 7 heteroatoms. The minimum Gasteiger partial charge on any atom is -0.491 e. The summed E-state index contributed by atoms with van der Waals surface area (Å²) in [4.78, 5) is 31.0. The molecule has 0 aliphatic carbocycles. The summed E-state index contributed by atoms with van der Waals surface area (Å²) in [5.41, 5.74) is 3.34. The van der Waals surface area contributed by atoms with Gasteiger partial charge in [-0.15, -0.1) is 0 Å². The van der Waals surface area contributed by atoms with Gasteiger partial charge < -0.3 is 15.0 Å². The van der Waals surface area contributed by atoms with Gasteiger partial charge in [0.1, 0.15) is 18.2 Å². The smallest absolute Gasteiger partial charge is 0.318 e. The quantitative estimate of drug-likeness (QED) is 0.895. The highest BCUT2D eigenvalue weighted by Crippen LogP contribution is 2.22. The zero-order valence-electron chi connectivity index (χ0n) is 16.5. The molecule has 1 aromatic heterocycles. The summed E-state index contributed by atoms with van der Waals surface area (Å²) in [6.45, 7) is 8.70. The van der Waals surface area contributed by atoms with E-state index in [1.165, 1.54) is 4.57 Å². The van der Waals surface area contributed by atoms with Crippen molar-refractivity contribution < 1.29 is 9.53 Å². The van der Waals surface area contributed by atoms with Crippen LogP contribution in [0.1, 0.15) is 35.1 Å². The Labute approximate surface area is 159 Å². The van der Waals surface area contributed by atoms with Gasteiger partial charge in [-0.25, -0.2) is 9.78 Å². The summed E-state index contributed by atoms with van der Waals surface area (Å²) in [7, 11) is 1.70. The van der Waals surface area contributed by atoms with Crippen molar-refractivity contribution in [2.45, 2.75) is 46.8 Å². The molecule has 0 fully saturated rings. The maximum atomic E-state index is 12.6. The molecule has 1 aromatic carbocycles. The van der Waals surface area contributed by atoms with Gasteiger partial charge >= 0.3 is 6.03 Å². The van der Waals surface area contributed by atoms with Crippen LogP contribution in [-0.4, -0.2) is 33.1 Å². The highest BCUT2D eigenvalue weighted by atomic mass is 16.5. The Bertz CT molecular complexity index is 915. The number of nitrogens with one attached hydrogen (secondary N) is 1. The number of urea groups is 1. The number of aryl methyl sites for hydroxylation is 3. The van der Waals surface area contributed by atoms with Crippen LogP contribution in [0.3, 0.4) is 0 Å². The van der Waals surface area contributed by atoms with Crippen molar-refractivity contribution in [2.24, 2.45) is 7.05 Å². The predicted octanol–water partition coefficient (Wildman–Crippen LogP) is 2.20. The van der Waals surface area contributed by atoms with Gasteiger partial charge in [0.05, 0.1) is 30.4 Å². The molecular weight excluding hydrogens is 344 g/mol. The van der Waals surface area contributed by atoms with Crippen molar-refractivity contribution in [1.82, 2.24) is 19.8 Å². The SMILES string of the molecule is Cc1cccc(C)c1OC[C@@H](C)NC(=O)N1Cc2nc(C)n(C)c(=O)c2C1. The van der Waals surface area contributed by atoms with E-state index >= 15 is 0 Å². The first-order valence-corrected chi connectivity index (χ1v) is 9.07. The Balaban J connectivity index is 1.60. The molecule has 1 aliphatic heterocycles. The fourth-order valence-corrected chi connectivity index (χ4v) is 3.25. The average Bonchev–Trinajstić information content (AvgIpc) is 3.03. The zero-order valence-corrected chi connectivity index (χ0v) is 16.5. The molecule has 1 atom stereocenters. The number of ether oxygens (including phenoxy) is 1. The molecule has 27 heavy (non-hydrogen) atoms. The summed E-state index contributed by atoms with van der Waals surface area (Å²) < 4.78 is 7.42. The van der Waals surface area contributed by atoms with E-state index in [1.54, 1.807) is 18.9 Å². The second kappa shape index (κ2) is 7.42. The van der Waals surface area contributed by atoms with E-state index in [4.69, 9.17) is 4.74 Å². The van der Waals surface area contributed by atoms with Gasteiger partial charge in [-0.05, 0) is 38.8 Å². The number of hydrogen-bond donors (Lipinski definition) is 1. The van der Waals surface area contributed by atoms with Crippen molar-refractivity contribution in [2.75, 3.05) is 6.61 Å². The summed E-state index contributed by atoms with van der Waals surface area (Å²) in [5.74, 6) is 1.51. The number of carbonyl (C=O) groups excluding carboxylic acids is 1. The summed E-state index contributed by atoms with van der Waals surface area (Å²) >= 11 is 0. The number of rotatable bonds is 4. The third-order valence-corrected chi connectivity index (χ3v) is 4.93. The molecule has 2 amide bonds. The van der Waals surface area contributed by atoms with E-state index in [0.29, 0.717) is 30.2 Å². The molecule has 2 aromatic rings. The number of hydrogen-bond acceptors (Lipinski definition) is 4. The lowest BCUT2D eigenvalue weighted by molar-refractivity contribution is 0.187. The summed E-state index contributed by atoms with van der Waals surface area (Å²) in [5, 5.41) is 2.94. The Morgan fingerprint density at radius 2 is 1.93 bits per heavy atom. The van der Waals surface area contributed by atoms with E-state index in [0.717, 1.165) is 16.9 Å². The third-order valence-electron chi connectivity index (χ3n) is 4.93. The van der Waals surface area contributed by atoms with Crippen LogP contribution in [0.5, 0.6) is 5.75 Å². The van der Waals surface area contributed by atoms with Gasteiger partial charge in [-0.2, -0.15) is 0 Å². The van der Waals surface area contributed by atoms with E-state index in [-0.39, 0.29) is 24.2 Å². The van der Waals surface area contributed by atoms with Gasteiger partial charge in [0.2, 0.25) is 0 Å². The van der Waals surface area contributed by atoms with Crippen molar-refractivity contribution >= 4 is 6.03 Å². The Kier molecular flexibility index (Phi) is 5.21. The second-order valence-electron chi connectivity index (χ2n) is 7.19. The van der Waals surface area contributed by atoms with Crippen molar-refractivity contribution in [3.05, 3.63) is 56.8 Å². The third kappa shape index (κ3) is 3.82. The zero-order chi connectivity index (χ0) is 19.7. The highest BCUT2D eigenvalue weighted by Gasteiger charge is 2.28. The van der Waals surface area contributed by atoms with Crippen LogP contribution in [0.15, 0.2) is 23.0 Å². The fraction of sp³-hybridized carbons (Fsp3) is 0.450. The first-order chi connectivity index (χ1) is 12.8. The van der Waals surface area contributed by atoms with E-state index in [2.05, 4.69) is 10.3 Å². The molecule has 2 heterocycles. The first-order valence-electron chi connectivity index (χ1n) is 9.07. The molecule has 0 saturated heterocycles. The van der Waals surface area contributed by atoms with Crippen LogP contribution in [0.25, 0.3) is 0 Å². The maximum Gasteiger partial charge on any atom is 0.318 e. The molecule has 0 radical (unpaired) electrons. The Hall–Kier alpha value is -2.83. The standard InChI is InChI=1S/C20H26N4O3/c1-12-7-6-8-13(2)18(12)27-11-14(3)21-20(26)24-9-16-17(10-24)22-15(4)23(5)19(16)25/h6-8,14H,9-11H2,1-5H3,(H,21,26)/t14-/m1/s1. The second-order valence-corrected chi connectivity index (χ2v) is 7.19. The van der Waals surface area contributed by atoms with Gasteiger partial charge in [0.25, 0.3) is 5.56 Å². The van der Waals surface area contributed by atoms with Crippen molar-refractivity contribution in [3.8, 4) is 5.75 Å². The largest absolute Gasteiger partial charge is 0.491 e. The summed E-state index contributed by atoms with van der Waals surface area (Å²) in [6.07, 6.45) is 0. The predicted molar refractivity (Wildman–Crippen MR) is 103 cm³/mol. The minimum absolute atomic E-state index is 0.0841. The van der Waals surface area contributed by atoms with Gasteiger partial charge in [-0.3, -0.25) is 9.36 Å².